The van der Waals surface area contributed by atoms with Gasteiger partial charge in [0.1, 0.15) is 11.1 Å². The van der Waals surface area contributed by atoms with E-state index in [0.29, 0.717) is 16.5 Å². The lowest BCUT2D eigenvalue weighted by atomic mass is 10.1. The molecule has 7 heteroatoms. The Morgan fingerprint density at radius 1 is 1.17 bits per heavy atom. The lowest BCUT2D eigenvalue weighted by Crippen LogP contribution is -2.21. The fourth-order valence-corrected chi connectivity index (χ4v) is 2.37. The molecule has 1 amide bonds. The quantitative estimate of drug-likeness (QED) is 0.452. The number of anilines is 1. The first-order valence-electron chi connectivity index (χ1n) is 7.05. The molecule has 0 saturated carbocycles. The van der Waals surface area contributed by atoms with E-state index < -0.39 is 16.5 Å². The predicted octanol–water partition coefficient (Wildman–Crippen LogP) is 3.26. The Bertz CT molecular complexity index is 1020. The third kappa shape index (κ3) is 2.74. The molecule has 24 heavy (non-hydrogen) atoms. The molecule has 0 fully saturated rings. The summed E-state index contributed by atoms with van der Waals surface area (Å²) >= 11 is 0. The number of carbonyl (C=O) groups excluding carboxylic acids is 1. The van der Waals surface area contributed by atoms with Crippen molar-refractivity contribution in [1.82, 2.24) is 0 Å². The second-order valence-corrected chi connectivity index (χ2v) is 5.15. The third-order valence-corrected chi connectivity index (χ3v) is 3.64. The highest BCUT2D eigenvalue weighted by Gasteiger charge is 2.18. The van der Waals surface area contributed by atoms with Crippen molar-refractivity contribution in [3.8, 4) is 0 Å². The van der Waals surface area contributed by atoms with E-state index in [9.17, 15) is 19.7 Å². The van der Waals surface area contributed by atoms with Gasteiger partial charge in [0, 0.05) is 11.5 Å². The van der Waals surface area contributed by atoms with E-state index in [1.807, 2.05) is 0 Å². The maximum Gasteiger partial charge on any atom is 0.349 e. The Morgan fingerprint density at radius 3 is 2.67 bits per heavy atom. The number of nitrogens with one attached hydrogen (secondary N) is 1. The molecule has 1 heterocycles. The van der Waals surface area contributed by atoms with Gasteiger partial charge in [-0.05, 0) is 25.1 Å². The van der Waals surface area contributed by atoms with Gasteiger partial charge in [-0.3, -0.25) is 14.9 Å². The zero-order valence-electron chi connectivity index (χ0n) is 12.6. The summed E-state index contributed by atoms with van der Waals surface area (Å²) in [4.78, 5) is 34.8. The van der Waals surface area contributed by atoms with Crippen molar-refractivity contribution in [3.05, 3.63) is 80.2 Å². The van der Waals surface area contributed by atoms with Crippen LogP contribution in [0, 0.1) is 17.0 Å². The van der Waals surface area contributed by atoms with Gasteiger partial charge in [-0.2, -0.15) is 0 Å². The smallest absolute Gasteiger partial charge is 0.349 e. The van der Waals surface area contributed by atoms with Crippen LogP contribution >= 0.6 is 0 Å². The first-order chi connectivity index (χ1) is 11.5. The Morgan fingerprint density at radius 2 is 1.92 bits per heavy atom. The zero-order valence-corrected chi connectivity index (χ0v) is 12.6. The molecule has 0 radical (unpaired) electrons. The number of nitro groups is 1. The predicted molar refractivity (Wildman–Crippen MR) is 88.3 cm³/mol. The number of para-hydroxylation sites is 1. The van der Waals surface area contributed by atoms with E-state index in [-0.39, 0.29) is 16.9 Å². The van der Waals surface area contributed by atoms with Crippen molar-refractivity contribution in [2.45, 2.75) is 6.92 Å². The van der Waals surface area contributed by atoms with Crippen molar-refractivity contribution in [2.75, 3.05) is 5.32 Å². The summed E-state index contributed by atoms with van der Waals surface area (Å²) in [6.07, 6.45) is 0. The minimum absolute atomic E-state index is 0.113. The lowest BCUT2D eigenvalue weighted by molar-refractivity contribution is -0.385. The van der Waals surface area contributed by atoms with E-state index in [1.165, 1.54) is 31.2 Å². The second kappa shape index (κ2) is 5.96. The summed E-state index contributed by atoms with van der Waals surface area (Å²) in [5.74, 6) is -0.682. The number of carbonyl (C=O) groups is 1. The molecule has 1 N–H and O–H groups in total. The summed E-state index contributed by atoms with van der Waals surface area (Å²) in [6.45, 7) is 1.52. The van der Waals surface area contributed by atoms with E-state index in [1.54, 1.807) is 24.3 Å². The van der Waals surface area contributed by atoms with Crippen LogP contribution in [0.15, 0.2) is 57.7 Å². The number of benzene rings is 2. The van der Waals surface area contributed by atoms with Crippen molar-refractivity contribution < 1.29 is 14.1 Å². The Labute approximate surface area is 135 Å². The van der Waals surface area contributed by atoms with Gasteiger partial charge >= 0.3 is 5.63 Å². The minimum atomic E-state index is -0.769. The van der Waals surface area contributed by atoms with Crippen LogP contribution in [0.25, 0.3) is 11.0 Å². The second-order valence-electron chi connectivity index (χ2n) is 5.15. The topological polar surface area (TPSA) is 102 Å². The average Bonchev–Trinajstić information content (AvgIpc) is 2.55. The van der Waals surface area contributed by atoms with Crippen molar-refractivity contribution in [3.63, 3.8) is 0 Å². The number of amides is 1. The molecule has 0 unspecified atom stereocenters. The molecule has 0 spiro atoms. The Hall–Kier alpha value is -3.48. The zero-order chi connectivity index (χ0) is 17.3. The molecule has 0 saturated heterocycles. The summed E-state index contributed by atoms with van der Waals surface area (Å²) < 4.78 is 5.12. The van der Waals surface area contributed by atoms with Gasteiger partial charge in [0.05, 0.1) is 16.2 Å². The van der Waals surface area contributed by atoms with Gasteiger partial charge < -0.3 is 9.73 Å². The fraction of sp³-hybridized carbons (Fsp3) is 0.0588. The van der Waals surface area contributed by atoms with Crippen LogP contribution in [0.4, 0.5) is 11.4 Å². The SMILES string of the molecule is Cc1c(NC(=O)c2cc3ccccc3oc2=O)cccc1[N+](=O)[O-]. The van der Waals surface area contributed by atoms with Crippen molar-refractivity contribution >= 4 is 28.3 Å². The number of hydrogen-bond donors (Lipinski definition) is 1. The molecular formula is C17H12N2O5. The summed E-state index contributed by atoms with van der Waals surface area (Å²) in [5.41, 5.74) is -0.0967. The monoisotopic (exact) mass is 324 g/mol. The Balaban J connectivity index is 1.99. The molecule has 2 aromatic carbocycles. The maximum absolute atomic E-state index is 12.4. The highest BCUT2D eigenvalue weighted by Crippen LogP contribution is 2.25. The lowest BCUT2D eigenvalue weighted by Gasteiger charge is -2.08. The van der Waals surface area contributed by atoms with Crippen LogP contribution in [-0.2, 0) is 0 Å². The van der Waals surface area contributed by atoms with Crippen LogP contribution in [-0.4, -0.2) is 10.8 Å². The number of nitrogens with zero attached hydrogens (tertiary/aromatic N) is 1. The Kier molecular flexibility index (Phi) is 3.83. The molecule has 0 aliphatic heterocycles. The van der Waals surface area contributed by atoms with Crippen LogP contribution in [0.1, 0.15) is 15.9 Å². The standard InChI is InChI=1S/C17H12N2O5/c1-10-13(6-4-7-14(10)19(22)23)18-16(20)12-9-11-5-2-3-8-15(11)24-17(12)21/h2-9H,1H3,(H,18,20). The van der Waals surface area contributed by atoms with Crippen molar-refractivity contribution in [1.29, 1.82) is 0 Å². The normalized spacial score (nSPS) is 10.5. The summed E-state index contributed by atoms with van der Waals surface area (Å²) in [7, 11) is 0. The molecule has 7 nitrogen and oxygen atoms in total. The van der Waals surface area contributed by atoms with Gasteiger partial charge in [-0.25, -0.2) is 4.79 Å². The molecule has 3 aromatic rings. The van der Waals surface area contributed by atoms with Gasteiger partial charge in [0.25, 0.3) is 11.6 Å². The number of hydrogen-bond acceptors (Lipinski definition) is 5. The van der Waals surface area contributed by atoms with Gasteiger partial charge in [-0.1, -0.05) is 24.3 Å². The van der Waals surface area contributed by atoms with Gasteiger partial charge in [0.2, 0.25) is 0 Å². The van der Waals surface area contributed by atoms with Crippen molar-refractivity contribution in [2.24, 2.45) is 0 Å². The van der Waals surface area contributed by atoms with E-state index in [2.05, 4.69) is 5.32 Å². The van der Waals surface area contributed by atoms with E-state index in [0.717, 1.165) is 0 Å². The third-order valence-electron chi connectivity index (χ3n) is 3.64. The van der Waals surface area contributed by atoms with Crippen LogP contribution in [0.3, 0.4) is 0 Å². The number of rotatable bonds is 3. The van der Waals surface area contributed by atoms with Gasteiger partial charge in [0.15, 0.2) is 0 Å². The fourth-order valence-electron chi connectivity index (χ4n) is 2.37. The number of nitro benzene ring substituents is 1. The number of fused-ring (bicyclic) bond motifs is 1. The van der Waals surface area contributed by atoms with E-state index >= 15 is 0 Å². The highest BCUT2D eigenvalue weighted by atomic mass is 16.6. The summed E-state index contributed by atoms with van der Waals surface area (Å²) in [6, 6.07) is 12.6. The molecule has 0 aliphatic rings. The van der Waals surface area contributed by atoms with Crippen LogP contribution in [0.2, 0.25) is 0 Å². The molecule has 0 aliphatic carbocycles. The average molecular weight is 324 g/mol. The minimum Gasteiger partial charge on any atom is -0.422 e. The van der Waals surface area contributed by atoms with Crippen LogP contribution < -0.4 is 10.9 Å². The molecule has 0 atom stereocenters. The largest absolute Gasteiger partial charge is 0.422 e. The first-order valence-corrected chi connectivity index (χ1v) is 7.05. The van der Waals surface area contributed by atoms with Crippen LogP contribution in [0.5, 0.6) is 0 Å². The molecule has 0 bridgehead atoms. The molecule has 3 rings (SSSR count). The first kappa shape index (κ1) is 15.4. The molecule has 120 valence electrons. The maximum atomic E-state index is 12.4. The molecular weight excluding hydrogens is 312 g/mol. The molecule has 1 aromatic heterocycles. The van der Waals surface area contributed by atoms with E-state index in [4.69, 9.17) is 4.42 Å². The summed E-state index contributed by atoms with van der Waals surface area (Å²) in [5, 5.41) is 14.1. The highest BCUT2D eigenvalue weighted by molar-refractivity contribution is 6.06. The van der Waals surface area contributed by atoms with Gasteiger partial charge in [-0.15, -0.1) is 0 Å².